The Morgan fingerprint density at radius 1 is 1.00 bits per heavy atom. The minimum Gasteiger partial charge on any atom is -0.495 e. The number of hydrogen-bond acceptors (Lipinski definition) is 8. The van der Waals surface area contributed by atoms with Gasteiger partial charge >= 0.3 is 6.03 Å². The number of carbonyl (C=O) groups is 3. The number of ether oxygens (including phenoxy) is 3. The molecule has 0 radical (unpaired) electrons. The van der Waals surface area contributed by atoms with E-state index in [0.717, 1.165) is 4.90 Å². The van der Waals surface area contributed by atoms with Crippen LogP contribution in [-0.2, 0) is 16.2 Å². The number of rotatable bonds is 8. The second kappa shape index (κ2) is 11.0. The van der Waals surface area contributed by atoms with Crippen molar-refractivity contribution in [3.63, 3.8) is 0 Å². The van der Waals surface area contributed by atoms with Gasteiger partial charge in [0.15, 0.2) is 0 Å². The highest BCUT2D eigenvalue weighted by Gasteiger charge is 2.38. The average Bonchev–Trinajstić information content (AvgIpc) is 2.91. The molecule has 0 bridgehead atoms. The van der Waals surface area contributed by atoms with E-state index in [4.69, 9.17) is 25.8 Å². The lowest BCUT2D eigenvalue weighted by Gasteiger charge is -2.28. The lowest BCUT2D eigenvalue weighted by Crippen LogP contribution is -2.54. The molecule has 0 spiro atoms. The Balaban J connectivity index is 1.56. The molecule has 38 heavy (non-hydrogen) atoms. The highest BCUT2D eigenvalue weighted by atomic mass is 35.5. The standard InChI is InChI=1S/C26H20ClN3O8/c1-36-22-13-21(23(37-2)12-20(22)27)29-25(32)19(24(31)28-26(29)33)11-15-6-8-18(9-7-15)38-14-16-4-3-5-17(10-16)30(34)35/h3-13H,14H2,1-2H3,(H,28,31,33)/b19-11+. The van der Waals surface area contributed by atoms with Crippen LogP contribution in [0.3, 0.4) is 0 Å². The number of imide groups is 2. The number of non-ortho nitro benzene ring substituents is 1. The molecule has 1 aliphatic heterocycles. The number of anilines is 1. The van der Waals surface area contributed by atoms with E-state index in [9.17, 15) is 24.5 Å². The molecule has 194 valence electrons. The Hall–Kier alpha value is -4.90. The van der Waals surface area contributed by atoms with Crippen molar-refractivity contribution in [1.82, 2.24) is 5.32 Å². The van der Waals surface area contributed by atoms with Gasteiger partial charge in [0.25, 0.3) is 17.5 Å². The Kier molecular flexibility index (Phi) is 7.58. The van der Waals surface area contributed by atoms with Crippen molar-refractivity contribution in [3.8, 4) is 17.2 Å². The highest BCUT2D eigenvalue weighted by Crippen LogP contribution is 2.39. The van der Waals surface area contributed by atoms with E-state index < -0.39 is 22.8 Å². The first-order valence-corrected chi connectivity index (χ1v) is 11.4. The number of amides is 4. The summed E-state index contributed by atoms with van der Waals surface area (Å²) in [6.07, 6.45) is 1.33. The molecule has 11 nitrogen and oxygen atoms in total. The molecule has 12 heteroatoms. The van der Waals surface area contributed by atoms with Gasteiger partial charge in [0.2, 0.25) is 0 Å². The lowest BCUT2D eigenvalue weighted by atomic mass is 10.1. The zero-order chi connectivity index (χ0) is 27.4. The van der Waals surface area contributed by atoms with Crippen LogP contribution in [0.4, 0.5) is 16.2 Å². The maximum atomic E-state index is 13.3. The zero-order valence-electron chi connectivity index (χ0n) is 20.1. The molecule has 3 aromatic rings. The lowest BCUT2D eigenvalue weighted by molar-refractivity contribution is -0.384. The summed E-state index contributed by atoms with van der Waals surface area (Å²) in [6, 6.07) is 14.3. The molecule has 1 fully saturated rings. The second-order valence-electron chi connectivity index (χ2n) is 7.90. The van der Waals surface area contributed by atoms with Crippen LogP contribution in [0.1, 0.15) is 11.1 Å². The molecule has 0 aliphatic carbocycles. The maximum Gasteiger partial charge on any atom is 0.336 e. The van der Waals surface area contributed by atoms with Crippen molar-refractivity contribution in [1.29, 1.82) is 0 Å². The first kappa shape index (κ1) is 26.2. The minimum atomic E-state index is -0.954. The van der Waals surface area contributed by atoms with E-state index in [1.54, 1.807) is 36.4 Å². The highest BCUT2D eigenvalue weighted by molar-refractivity contribution is 6.39. The van der Waals surface area contributed by atoms with Crippen LogP contribution in [0.15, 0.2) is 66.2 Å². The van der Waals surface area contributed by atoms with Crippen molar-refractivity contribution in [3.05, 3.63) is 92.5 Å². The number of benzene rings is 3. The van der Waals surface area contributed by atoms with Gasteiger partial charge in [-0.1, -0.05) is 35.9 Å². The van der Waals surface area contributed by atoms with Gasteiger partial charge in [-0.3, -0.25) is 25.0 Å². The van der Waals surface area contributed by atoms with Gasteiger partial charge in [-0.15, -0.1) is 0 Å². The number of barbiturate groups is 1. The SMILES string of the molecule is COc1cc(N2C(=O)NC(=O)/C(=C\c3ccc(OCc4cccc([N+](=O)[O-])c4)cc3)C2=O)c(OC)cc1Cl. The van der Waals surface area contributed by atoms with Crippen LogP contribution in [0.25, 0.3) is 6.08 Å². The Labute approximate surface area is 221 Å². The molecule has 1 saturated heterocycles. The molecule has 0 aromatic heterocycles. The van der Waals surface area contributed by atoms with Crippen molar-refractivity contribution < 1.29 is 33.5 Å². The number of hydrogen-bond donors (Lipinski definition) is 1. The van der Waals surface area contributed by atoms with E-state index in [2.05, 4.69) is 5.32 Å². The van der Waals surface area contributed by atoms with Crippen LogP contribution >= 0.6 is 11.6 Å². The summed E-state index contributed by atoms with van der Waals surface area (Å²) in [6.45, 7) is 0.104. The zero-order valence-corrected chi connectivity index (χ0v) is 20.9. The first-order chi connectivity index (χ1) is 18.2. The van der Waals surface area contributed by atoms with Gasteiger partial charge in [0, 0.05) is 24.3 Å². The number of nitrogens with zero attached hydrogens (tertiary/aromatic N) is 2. The van der Waals surface area contributed by atoms with Gasteiger partial charge in [-0.2, -0.15) is 0 Å². The van der Waals surface area contributed by atoms with Gasteiger partial charge in [-0.25, -0.2) is 9.69 Å². The first-order valence-electron chi connectivity index (χ1n) is 11.0. The summed E-state index contributed by atoms with van der Waals surface area (Å²) < 4.78 is 16.1. The predicted octanol–water partition coefficient (Wildman–Crippen LogP) is 4.51. The van der Waals surface area contributed by atoms with Gasteiger partial charge in [0.05, 0.1) is 29.9 Å². The molecule has 1 N–H and O–H groups in total. The Morgan fingerprint density at radius 3 is 2.37 bits per heavy atom. The molecule has 0 unspecified atom stereocenters. The number of halogens is 1. The van der Waals surface area contributed by atoms with Crippen molar-refractivity contribution >= 4 is 46.9 Å². The van der Waals surface area contributed by atoms with Crippen LogP contribution in [0.2, 0.25) is 5.02 Å². The summed E-state index contributed by atoms with van der Waals surface area (Å²) in [5.74, 6) is -0.938. The molecule has 0 saturated carbocycles. The molecule has 3 aromatic carbocycles. The summed E-state index contributed by atoms with van der Waals surface area (Å²) >= 11 is 6.13. The second-order valence-corrected chi connectivity index (χ2v) is 8.31. The number of nitrogens with one attached hydrogen (secondary N) is 1. The summed E-state index contributed by atoms with van der Waals surface area (Å²) in [7, 11) is 2.72. The van der Waals surface area contributed by atoms with E-state index in [1.807, 2.05) is 0 Å². The normalized spacial score (nSPS) is 14.3. The van der Waals surface area contributed by atoms with Gasteiger partial charge in [-0.05, 0) is 29.3 Å². The monoisotopic (exact) mass is 537 g/mol. The molecule has 4 rings (SSSR count). The number of nitro benzene ring substituents is 1. The Bertz CT molecular complexity index is 1470. The van der Waals surface area contributed by atoms with Crippen LogP contribution in [0.5, 0.6) is 17.2 Å². The fraction of sp³-hybridized carbons (Fsp3) is 0.115. The van der Waals surface area contributed by atoms with Crippen molar-refractivity contribution in [2.45, 2.75) is 6.61 Å². The molecular weight excluding hydrogens is 518 g/mol. The number of carbonyl (C=O) groups excluding carboxylic acids is 3. The molecular formula is C26H20ClN3O8. The van der Waals surface area contributed by atoms with E-state index in [-0.39, 0.29) is 40.1 Å². The summed E-state index contributed by atoms with van der Waals surface area (Å²) in [5, 5.41) is 13.3. The largest absolute Gasteiger partial charge is 0.495 e. The van der Waals surface area contributed by atoms with E-state index in [1.165, 1.54) is 44.6 Å². The van der Waals surface area contributed by atoms with Crippen molar-refractivity contribution in [2.24, 2.45) is 0 Å². The molecule has 0 atom stereocenters. The molecule has 1 aliphatic rings. The number of methoxy groups -OCH3 is 2. The number of nitro groups is 1. The third kappa shape index (κ3) is 5.42. The van der Waals surface area contributed by atoms with Crippen LogP contribution in [-0.4, -0.2) is 37.0 Å². The summed E-state index contributed by atoms with van der Waals surface area (Å²) in [4.78, 5) is 49.7. The van der Waals surface area contributed by atoms with Crippen LogP contribution in [0, 0.1) is 10.1 Å². The molecule has 1 heterocycles. The summed E-state index contributed by atoms with van der Waals surface area (Å²) in [5.41, 5.74) is 0.825. The van der Waals surface area contributed by atoms with Gasteiger partial charge in [0.1, 0.15) is 29.4 Å². The average molecular weight is 538 g/mol. The number of urea groups is 1. The third-order valence-electron chi connectivity index (χ3n) is 5.51. The quantitative estimate of drug-likeness (QED) is 0.192. The van der Waals surface area contributed by atoms with Crippen molar-refractivity contribution in [2.75, 3.05) is 19.1 Å². The topological polar surface area (TPSA) is 137 Å². The van der Waals surface area contributed by atoms with E-state index >= 15 is 0 Å². The third-order valence-corrected chi connectivity index (χ3v) is 5.81. The van der Waals surface area contributed by atoms with E-state index in [0.29, 0.717) is 16.9 Å². The van der Waals surface area contributed by atoms with Crippen LogP contribution < -0.4 is 24.4 Å². The maximum absolute atomic E-state index is 13.3. The minimum absolute atomic E-state index is 0.0364. The smallest absolute Gasteiger partial charge is 0.336 e. The fourth-order valence-electron chi connectivity index (χ4n) is 3.65. The fourth-order valence-corrected chi connectivity index (χ4v) is 3.88. The predicted molar refractivity (Wildman–Crippen MR) is 137 cm³/mol. The Morgan fingerprint density at radius 2 is 1.71 bits per heavy atom. The van der Waals surface area contributed by atoms with Gasteiger partial charge < -0.3 is 14.2 Å². The molecule has 4 amide bonds.